The molecule has 0 spiro atoms. The average molecular weight is 661 g/mol. The highest BCUT2D eigenvalue weighted by molar-refractivity contribution is 5.97. The molecule has 2 aliphatic rings. The molecule has 0 atom stereocenters. The van der Waals surface area contributed by atoms with E-state index in [1.807, 2.05) is 68.6 Å². The summed E-state index contributed by atoms with van der Waals surface area (Å²) in [5.41, 5.74) is 4.73. The number of hydrogen-bond donors (Lipinski definition) is 3. The van der Waals surface area contributed by atoms with Gasteiger partial charge in [-0.15, -0.1) is 0 Å². The molecular formula is C37H40N8O4. The molecule has 252 valence electrons. The Balaban J connectivity index is 1.19. The fraction of sp³-hybridized carbons (Fsp3) is 0.324. The van der Waals surface area contributed by atoms with Crippen LogP contribution in [0.4, 0.5) is 11.5 Å². The zero-order valence-electron chi connectivity index (χ0n) is 27.7. The Morgan fingerprint density at radius 3 is 2.47 bits per heavy atom. The molecule has 1 saturated heterocycles. The lowest BCUT2D eigenvalue weighted by Gasteiger charge is -2.41. The number of likely N-dealkylation sites (tertiary alicyclic amines) is 1. The average Bonchev–Trinajstić information content (AvgIpc) is 3.10. The van der Waals surface area contributed by atoms with Crippen LogP contribution in [0.25, 0.3) is 0 Å². The lowest BCUT2D eigenvalue weighted by molar-refractivity contribution is -0.146. The van der Waals surface area contributed by atoms with E-state index in [1.54, 1.807) is 16.0 Å². The van der Waals surface area contributed by atoms with E-state index in [-0.39, 0.29) is 48.8 Å². The van der Waals surface area contributed by atoms with Crippen LogP contribution in [0.2, 0.25) is 0 Å². The number of nitrogens with zero attached hydrogens (tertiary/aromatic N) is 5. The monoisotopic (exact) mass is 660 g/mol. The number of hydrogen-bond acceptors (Lipinski definition) is 8. The van der Waals surface area contributed by atoms with Crippen molar-refractivity contribution in [2.75, 3.05) is 37.3 Å². The van der Waals surface area contributed by atoms with Gasteiger partial charge in [0.15, 0.2) is 0 Å². The molecule has 2 aliphatic heterocycles. The maximum atomic E-state index is 14.4. The molecule has 4 amide bonds. The van der Waals surface area contributed by atoms with Crippen molar-refractivity contribution >= 4 is 35.1 Å². The highest BCUT2D eigenvalue weighted by Gasteiger charge is 2.41. The predicted molar refractivity (Wildman–Crippen MR) is 184 cm³/mol. The number of fused-ring (bicyclic) bond motifs is 2. The largest absolute Gasteiger partial charge is 0.337 e. The van der Waals surface area contributed by atoms with Gasteiger partial charge in [-0.1, -0.05) is 43.3 Å². The lowest BCUT2D eigenvalue weighted by atomic mass is 9.78. The summed E-state index contributed by atoms with van der Waals surface area (Å²) >= 11 is 0. The molecular weight excluding hydrogens is 620 g/mol. The quantitative estimate of drug-likeness (QED) is 0.247. The van der Waals surface area contributed by atoms with Gasteiger partial charge in [0.05, 0.1) is 12.6 Å². The Morgan fingerprint density at radius 1 is 0.918 bits per heavy atom. The van der Waals surface area contributed by atoms with Gasteiger partial charge in [0, 0.05) is 62.3 Å². The van der Waals surface area contributed by atoms with Crippen LogP contribution in [0.3, 0.4) is 0 Å². The number of anilines is 2. The van der Waals surface area contributed by atoms with E-state index in [9.17, 15) is 19.2 Å². The van der Waals surface area contributed by atoms with Crippen LogP contribution in [-0.4, -0.2) is 75.1 Å². The van der Waals surface area contributed by atoms with Crippen LogP contribution >= 0.6 is 0 Å². The Hall–Kier alpha value is -5.49. The number of nitrogens with one attached hydrogen (secondary N) is 3. The molecule has 12 nitrogen and oxygen atoms in total. The number of rotatable bonds is 9. The van der Waals surface area contributed by atoms with E-state index in [4.69, 9.17) is 0 Å². The van der Waals surface area contributed by atoms with Gasteiger partial charge >= 0.3 is 0 Å². The van der Waals surface area contributed by atoms with E-state index in [0.29, 0.717) is 50.4 Å². The van der Waals surface area contributed by atoms with Crippen molar-refractivity contribution in [3.8, 4) is 0 Å². The molecule has 0 saturated carbocycles. The third kappa shape index (κ3) is 7.81. The zero-order chi connectivity index (χ0) is 34.4. The molecule has 6 rings (SSSR count). The predicted octanol–water partition coefficient (Wildman–Crippen LogP) is 3.59. The van der Waals surface area contributed by atoms with Crippen molar-refractivity contribution in [3.63, 3.8) is 0 Å². The molecule has 4 aromatic rings. The number of aromatic nitrogens is 3. The molecule has 2 aromatic carbocycles. The third-order valence-electron chi connectivity index (χ3n) is 9.29. The maximum absolute atomic E-state index is 14.4. The number of benzene rings is 2. The number of carbonyl (C=O) groups excluding carboxylic acids is 4. The van der Waals surface area contributed by atoms with Gasteiger partial charge in [-0.05, 0) is 65.9 Å². The molecule has 0 unspecified atom stereocenters. The van der Waals surface area contributed by atoms with Crippen molar-refractivity contribution in [2.24, 2.45) is 5.41 Å². The first-order chi connectivity index (χ1) is 23.7. The molecule has 0 bridgehead atoms. The summed E-state index contributed by atoms with van der Waals surface area (Å²) < 4.78 is 0. The summed E-state index contributed by atoms with van der Waals surface area (Å²) in [6.45, 7) is 3.39. The van der Waals surface area contributed by atoms with E-state index in [0.717, 1.165) is 27.8 Å². The zero-order valence-corrected chi connectivity index (χ0v) is 27.7. The standard InChI is InChI=1S/C37H40N8O4/c1-37(11-16-44(17-12-37)35(48)31-22-39-14-15-40-31)36(49)45(23-28-7-4-3-6-27(28)21-38-2)24-33(47)42-30-10-9-25-18-26-8-5-13-41-34(26)43-32(46)20-29(25)19-30/h3-10,13-15,19,22,38H,11-12,16-18,20-21,23-24H2,1-2H3,(H,42,47)(H,41,43,46). The van der Waals surface area contributed by atoms with Crippen LogP contribution < -0.4 is 16.0 Å². The second kappa shape index (κ2) is 14.7. The molecule has 2 aromatic heterocycles. The first-order valence-corrected chi connectivity index (χ1v) is 16.4. The number of piperidine rings is 1. The third-order valence-corrected chi connectivity index (χ3v) is 9.29. The summed E-state index contributed by atoms with van der Waals surface area (Å²) in [6, 6.07) is 17.2. The normalized spacial score (nSPS) is 15.1. The smallest absolute Gasteiger partial charge is 0.274 e. The summed E-state index contributed by atoms with van der Waals surface area (Å²) in [5, 5.41) is 9.03. The highest BCUT2D eigenvalue weighted by atomic mass is 16.2. The van der Waals surface area contributed by atoms with E-state index >= 15 is 0 Å². The lowest BCUT2D eigenvalue weighted by Crippen LogP contribution is -2.51. The minimum absolute atomic E-state index is 0.143. The highest BCUT2D eigenvalue weighted by Crippen LogP contribution is 2.34. The second-order valence-corrected chi connectivity index (χ2v) is 12.8. The van der Waals surface area contributed by atoms with Crippen molar-refractivity contribution in [2.45, 2.75) is 45.7 Å². The van der Waals surface area contributed by atoms with Crippen molar-refractivity contribution in [1.82, 2.24) is 30.1 Å². The van der Waals surface area contributed by atoms with Gasteiger partial charge in [-0.3, -0.25) is 24.2 Å². The van der Waals surface area contributed by atoms with Crippen molar-refractivity contribution in [3.05, 3.63) is 113 Å². The molecule has 4 heterocycles. The van der Waals surface area contributed by atoms with Gasteiger partial charge in [-0.25, -0.2) is 9.97 Å². The summed E-state index contributed by atoms with van der Waals surface area (Å²) in [4.78, 5) is 69.6. The Morgan fingerprint density at radius 2 is 1.71 bits per heavy atom. The van der Waals surface area contributed by atoms with Gasteiger partial charge in [0.1, 0.15) is 18.1 Å². The van der Waals surface area contributed by atoms with E-state index < -0.39 is 5.41 Å². The van der Waals surface area contributed by atoms with Crippen molar-refractivity contribution < 1.29 is 19.2 Å². The summed E-state index contributed by atoms with van der Waals surface area (Å²) in [7, 11) is 1.87. The summed E-state index contributed by atoms with van der Waals surface area (Å²) in [5.74, 6) is -0.319. The number of amides is 4. The molecule has 12 heteroatoms. The van der Waals surface area contributed by atoms with Crippen LogP contribution in [0.1, 0.15) is 58.1 Å². The fourth-order valence-corrected chi connectivity index (χ4v) is 6.51. The van der Waals surface area contributed by atoms with Crippen LogP contribution in [-0.2, 0) is 40.3 Å². The minimum Gasteiger partial charge on any atom is -0.337 e. The Kier molecular flexibility index (Phi) is 10.0. The first kappa shape index (κ1) is 33.4. The van der Waals surface area contributed by atoms with Crippen LogP contribution in [0, 0.1) is 5.41 Å². The van der Waals surface area contributed by atoms with Gasteiger partial charge < -0.3 is 25.8 Å². The molecule has 49 heavy (non-hydrogen) atoms. The fourth-order valence-electron chi connectivity index (χ4n) is 6.51. The SMILES string of the molecule is CNCc1ccccc1CN(CC(=O)Nc1ccc2c(c1)CC(=O)Nc1ncccc1C2)C(=O)C1(C)CCN(C(=O)c2cnccn2)CC1. The van der Waals surface area contributed by atoms with Crippen molar-refractivity contribution in [1.29, 1.82) is 0 Å². The molecule has 3 N–H and O–H groups in total. The van der Waals surface area contributed by atoms with Crippen LogP contribution in [0.15, 0.2) is 79.4 Å². The summed E-state index contributed by atoms with van der Waals surface area (Å²) in [6.07, 6.45) is 7.74. The Bertz CT molecular complexity index is 1860. The van der Waals surface area contributed by atoms with E-state index in [1.165, 1.54) is 18.6 Å². The van der Waals surface area contributed by atoms with Gasteiger partial charge in [-0.2, -0.15) is 0 Å². The van der Waals surface area contributed by atoms with Gasteiger partial charge in [0.25, 0.3) is 5.91 Å². The number of pyridine rings is 1. The van der Waals surface area contributed by atoms with Gasteiger partial charge in [0.2, 0.25) is 17.7 Å². The maximum Gasteiger partial charge on any atom is 0.274 e. The van der Waals surface area contributed by atoms with E-state index in [2.05, 4.69) is 30.9 Å². The minimum atomic E-state index is -0.779. The second-order valence-electron chi connectivity index (χ2n) is 12.8. The molecule has 1 fully saturated rings. The topological polar surface area (TPSA) is 150 Å². The van der Waals surface area contributed by atoms with Crippen LogP contribution in [0.5, 0.6) is 0 Å². The Labute approximate surface area is 285 Å². The first-order valence-electron chi connectivity index (χ1n) is 16.4. The molecule has 0 aliphatic carbocycles. The number of carbonyl (C=O) groups is 4. The molecule has 0 radical (unpaired) electrons.